The predicted octanol–water partition coefficient (Wildman–Crippen LogP) is 3.06. The van der Waals surface area contributed by atoms with Crippen molar-refractivity contribution in [1.82, 2.24) is 20.2 Å². The molecule has 1 aromatic carbocycles. The summed E-state index contributed by atoms with van der Waals surface area (Å²) >= 11 is 0. The fourth-order valence-corrected chi connectivity index (χ4v) is 3.16. The minimum absolute atomic E-state index is 0.319. The molecule has 1 atom stereocenters. The molecule has 3 rings (SSSR count). The van der Waals surface area contributed by atoms with Crippen molar-refractivity contribution in [2.45, 2.75) is 45.1 Å². The average molecular weight is 271 g/mol. The molecule has 0 radical (unpaired) electrons. The van der Waals surface area contributed by atoms with Crippen LogP contribution in [0.15, 0.2) is 24.3 Å². The lowest BCUT2D eigenvalue weighted by Gasteiger charge is -2.28. The van der Waals surface area contributed by atoms with Crippen LogP contribution in [0, 0.1) is 5.92 Å². The number of hydrogen-bond acceptors (Lipinski definition) is 4. The molecule has 1 aliphatic rings. The van der Waals surface area contributed by atoms with E-state index in [0.717, 1.165) is 17.1 Å². The second kappa shape index (κ2) is 5.61. The van der Waals surface area contributed by atoms with E-state index in [1.807, 2.05) is 28.9 Å². The molecular formula is C15H21N5. The Balaban J connectivity index is 1.92. The van der Waals surface area contributed by atoms with Crippen LogP contribution in [0.1, 0.15) is 45.1 Å². The van der Waals surface area contributed by atoms with Gasteiger partial charge >= 0.3 is 0 Å². The van der Waals surface area contributed by atoms with E-state index in [1.54, 1.807) is 0 Å². The highest BCUT2D eigenvalue weighted by Gasteiger charge is 2.25. The molecular weight excluding hydrogens is 250 g/mol. The largest absolute Gasteiger partial charge is 0.398 e. The monoisotopic (exact) mass is 271 g/mol. The number of benzene rings is 1. The Morgan fingerprint density at radius 3 is 2.70 bits per heavy atom. The number of para-hydroxylation sites is 1. The van der Waals surface area contributed by atoms with Gasteiger partial charge in [-0.1, -0.05) is 31.4 Å². The zero-order valence-electron chi connectivity index (χ0n) is 11.9. The standard InChI is InChI=1S/C15H21N5/c1-11(12-7-3-2-4-8-12)20-15(17-18-19-20)13-9-5-6-10-14(13)16/h5-6,9-12H,2-4,7-8,16H2,1H3. The first-order valence-corrected chi connectivity index (χ1v) is 7.40. The molecule has 2 N–H and O–H groups in total. The first kappa shape index (κ1) is 13.1. The predicted molar refractivity (Wildman–Crippen MR) is 79.0 cm³/mol. The van der Waals surface area contributed by atoms with Crippen molar-refractivity contribution >= 4 is 5.69 Å². The lowest BCUT2D eigenvalue weighted by Crippen LogP contribution is -2.21. The van der Waals surface area contributed by atoms with Gasteiger partial charge in [0.2, 0.25) is 0 Å². The number of nitrogens with two attached hydrogens (primary N) is 1. The van der Waals surface area contributed by atoms with Gasteiger partial charge in [-0.05, 0) is 48.2 Å². The van der Waals surface area contributed by atoms with Crippen molar-refractivity contribution in [3.63, 3.8) is 0 Å². The van der Waals surface area contributed by atoms with Crippen LogP contribution in [-0.2, 0) is 0 Å². The quantitative estimate of drug-likeness (QED) is 0.871. The van der Waals surface area contributed by atoms with Gasteiger partial charge in [0.1, 0.15) is 0 Å². The van der Waals surface area contributed by atoms with Gasteiger partial charge in [0.05, 0.1) is 6.04 Å². The van der Waals surface area contributed by atoms with Gasteiger partial charge in [-0.15, -0.1) is 5.10 Å². The number of aromatic nitrogens is 4. The van der Waals surface area contributed by atoms with Crippen molar-refractivity contribution in [1.29, 1.82) is 0 Å². The maximum Gasteiger partial charge on any atom is 0.184 e. The van der Waals surface area contributed by atoms with Gasteiger partial charge in [0, 0.05) is 11.3 Å². The molecule has 106 valence electrons. The molecule has 1 unspecified atom stereocenters. The Bertz CT molecular complexity index is 571. The lowest BCUT2D eigenvalue weighted by molar-refractivity contribution is 0.249. The zero-order chi connectivity index (χ0) is 13.9. The molecule has 1 aliphatic carbocycles. The molecule has 1 aromatic heterocycles. The van der Waals surface area contributed by atoms with Crippen molar-refractivity contribution in [3.05, 3.63) is 24.3 Å². The van der Waals surface area contributed by atoms with E-state index in [-0.39, 0.29) is 0 Å². The second-order valence-corrected chi connectivity index (χ2v) is 5.67. The zero-order valence-corrected chi connectivity index (χ0v) is 11.9. The number of anilines is 1. The van der Waals surface area contributed by atoms with Crippen molar-refractivity contribution < 1.29 is 0 Å². The molecule has 1 saturated carbocycles. The summed E-state index contributed by atoms with van der Waals surface area (Å²) in [4.78, 5) is 0. The van der Waals surface area contributed by atoms with Gasteiger partial charge in [0.15, 0.2) is 5.82 Å². The smallest absolute Gasteiger partial charge is 0.184 e. The normalized spacial score (nSPS) is 18.1. The SMILES string of the molecule is CC(C1CCCCC1)n1nnnc1-c1ccccc1N. The van der Waals surface area contributed by atoms with E-state index in [0.29, 0.717) is 12.0 Å². The second-order valence-electron chi connectivity index (χ2n) is 5.67. The van der Waals surface area contributed by atoms with E-state index in [1.165, 1.54) is 32.1 Å². The maximum absolute atomic E-state index is 6.05. The average Bonchev–Trinajstić information content (AvgIpc) is 2.97. The summed E-state index contributed by atoms with van der Waals surface area (Å²) in [6, 6.07) is 8.08. The molecule has 0 amide bonds. The highest BCUT2D eigenvalue weighted by Crippen LogP contribution is 2.34. The minimum Gasteiger partial charge on any atom is -0.398 e. The van der Waals surface area contributed by atoms with Crippen LogP contribution < -0.4 is 5.73 Å². The molecule has 1 fully saturated rings. The fourth-order valence-electron chi connectivity index (χ4n) is 3.16. The summed E-state index contributed by atoms with van der Waals surface area (Å²) in [5.41, 5.74) is 7.69. The van der Waals surface area contributed by atoms with Crippen LogP contribution in [0.3, 0.4) is 0 Å². The third-order valence-corrected chi connectivity index (χ3v) is 4.41. The van der Waals surface area contributed by atoms with Crippen molar-refractivity contribution in [2.75, 3.05) is 5.73 Å². The van der Waals surface area contributed by atoms with Crippen LogP contribution >= 0.6 is 0 Å². The summed E-state index contributed by atoms with van der Waals surface area (Å²) in [6.45, 7) is 2.22. The molecule has 20 heavy (non-hydrogen) atoms. The third-order valence-electron chi connectivity index (χ3n) is 4.41. The van der Waals surface area contributed by atoms with E-state index in [4.69, 9.17) is 5.73 Å². The van der Waals surface area contributed by atoms with E-state index >= 15 is 0 Å². The molecule has 0 aliphatic heterocycles. The summed E-state index contributed by atoms with van der Waals surface area (Å²) in [5, 5.41) is 12.3. The Morgan fingerprint density at radius 1 is 1.20 bits per heavy atom. The van der Waals surface area contributed by atoms with Crippen LogP contribution in [0.5, 0.6) is 0 Å². The summed E-state index contributed by atoms with van der Waals surface area (Å²) in [7, 11) is 0. The Kier molecular flexibility index (Phi) is 3.67. The highest BCUT2D eigenvalue weighted by atomic mass is 15.5. The molecule has 5 heteroatoms. The summed E-state index contributed by atoms with van der Waals surface area (Å²) in [6.07, 6.45) is 6.53. The summed E-state index contributed by atoms with van der Waals surface area (Å²) < 4.78 is 1.95. The minimum atomic E-state index is 0.319. The summed E-state index contributed by atoms with van der Waals surface area (Å²) in [5.74, 6) is 1.44. The first-order chi connectivity index (χ1) is 9.77. The maximum atomic E-state index is 6.05. The Hall–Kier alpha value is -1.91. The van der Waals surface area contributed by atoms with Gasteiger partial charge in [-0.25, -0.2) is 4.68 Å². The van der Waals surface area contributed by atoms with Crippen molar-refractivity contribution in [3.8, 4) is 11.4 Å². The Morgan fingerprint density at radius 2 is 1.95 bits per heavy atom. The molecule has 0 bridgehead atoms. The molecule has 2 aromatic rings. The number of rotatable bonds is 3. The van der Waals surface area contributed by atoms with Gasteiger partial charge < -0.3 is 5.73 Å². The third kappa shape index (κ3) is 2.40. The Labute approximate surface area is 119 Å². The van der Waals surface area contributed by atoms with Crippen LogP contribution in [0.25, 0.3) is 11.4 Å². The molecule has 0 spiro atoms. The number of nitrogen functional groups attached to an aromatic ring is 1. The van der Waals surface area contributed by atoms with E-state index in [2.05, 4.69) is 22.4 Å². The van der Waals surface area contributed by atoms with E-state index in [9.17, 15) is 0 Å². The number of nitrogens with zero attached hydrogens (tertiary/aromatic N) is 4. The van der Waals surface area contributed by atoms with Crippen LogP contribution in [0.2, 0.25) is 0 Å². The highest BCUT2D eigenvalue weighted by molar-refractivity contribution is 5.71. The first-order valence-electron chi connectivity index (χ1n) is 7.40. The van der Waals surface area contributed by atoms with Gasteiger partial charge in [-0.2, -0.15) is 0 Å². The van der Waals surface area contributed by atoms with E-state index < -0.39 is 0 Å². The number of hydrogen-bond donors (Lipinski definition) is 1. The molecule has 5 nitrogen and oxygen atoms in total. The van der Waals surface area contributed by atoms with Gasteiger partial charge in [-0.3, -0.25) is 0 Å². The fraction of sp³-hybridized carbons (Fsp3) is 0.533. The number of tetrazole rings is 1. The lowest BCUT2D eigenvalue weighted by atomic mass is 9.84. The topological polar surface area (TPSA) is 69.6 Å². The van der Waals surface area contributed by atoms with Crippen LogP contribution in [0.4, 0.5) is 5.69 Å². The van der Waals surface area contributed by atoms with Crippen molar-refractivity contribution in [2.24, 2.45) is 5.92 Å². The van der Waals surface area contributed by atoms with Crippen LogP contribution in [-0.4, -0.2) is 20.2 Å². The molecule has 1 heterocycles. The molecule has 0 saturated heterocycles. The van der Waals surface area contributed by atoms with Gasteiger partial charge in [0.25, 0.3) is 0 Å².